The van der Waals surface area contributed by atoms with Gasteiger partial charge in [-0.3, -0.25) is 19.2 Å². The summed E-state index contributed by atoms with van der Waals surface area (Å²) < 4.78 is 0. The largest absolute Gasteiger partial charge is 0.481 e. The van der Waals surface area contributed by atoms with Crippen LogP contribution in [0.3, 0.4) is 0 Å². The van der Waals surface area contributed by atoms with E-state index in [2.05, 4.69) is 0 Å². The lowest BCUT2D eigenvalue weighted by atomic mass is 10.2. The molecule has 0 aliphatic carbocycles. The van der Waals surface area contributed by atoms with Gasteiger partial charge in [-0.05, 0) is 19.3 Å². The van der Waals surface area contributed by atoms with E-state index in [-0.39, 0.29) is 32.1 Å². The van der Waals surface area contributed by atoms with E-state index in [9.17, 15) is 19.2 Å². The van der Waals surface area contributed by atoms with Gasteiger partial charge in [0, 0.05) is 25.7 Å². The molecule has 19 heavy (non-hydrogen) atoms. The van der Waals surface area contributed by atoms with Crippen LogP contribution >= 0.6 is 0 Å². The summed E-state index contributed by atoms with van der Waals surface area (Å²) in [7, 11) is 0. The van der Waals surface area contributed by atoms with E-state index in [0.29, 0.717) is 12.8 Å². The molecule has 0 aromatic rings. The minimum Gasteiger partial charge on any atom is -0.481 e. The Kier molecular flexibility index (Phi) is 12.5. The highest BCUT2D eigenvalue weighted by Crippen LogP contribution is 1.98. The fraction of sp³-hybridized carbons (Fsp3) is 0.636. The van der Waals surface area contributed by atoms with Gasteiger partial charge in [0.2, 0.25) is 0 Å². The summed E-state index contributed by atoms with van der Waals surface area (Å²) in [6.45, 7) is 0. The molecule has 0 amide bonds. The first kappa shape index (κ1) is 19.2. The molecule has 4 N–H and O–H groups in total. The third-order valence-corrected chi connectivity index (χ3v) is 1.81. The maximum Gasteiger partial charge on any atom is 0.303 e. The van der Waals surface area contributed by atoms with Crippen LogP contribution in [0.2, 0.25) is 0 Å². The Bertz CT molecular complexity index is 280. The predicted octanol–water partition coefficient (Wildman–Crippen LogP) is 1.04. The number of aliphatic carboxylic acids is 4. The fourth-order valence-corrected chi connectivity index (χ4v) is 0.943. The van der Waals surface area contributed by atoms with Gasteiger partial charge in [-0.25, -0.2) is 0 Å². The average molecular weight is 278 g/mol. The molecule has 0 saturated carbocycles. The van der Waals surface area contributed by atoms with Crippen LogP contribution < -0.4 is 0 Å². The van der Waals surface area contributed by atoms with Gasteiger partial charge in [-0.1, -0.05) is 0 Å². The Labute approximate surface area is 109 Å². The van der Waals surface area contributed by atoms with E-state index >= 15 is 0 Å². The Morgan fingerprint density at radius 2 is 0.684 bits per heavy atom. The van der Waals surface area contributed by atoms with Gasteiger partial charge >= 0.3 is 23.9 Å². The molecule has 0 aromatic carbocycles. The van der Waals surface area contributed by atoms with E-state index in [1.165, 1.54) is 0 Å². The molecule has 0 unspecified atom stereocenters. The highest BCUT2D eigenvalue weighted by atomic mass is 16.4. The molecule has 0 fully saturated rings. The van der Waals surface area contributed by atoms with Crippen LogP contribution in [0, 0.1) is 0 Å². The number of hydrogen-bond donors (Lipinski definition) is 4. The van der Waals surface area contributed by atoms with E-state index in [4.69, 9.17) is 20.4 Å². The standard InChI is InChI=1S/C6H10O4.C5H8O4/c7-5(8)3-1-2-4-6(9)10;6-4(7)2-1-3-5(8)9/h1-4H2,(H,7,8)(H,9,10);1-3H2,(H,6,7)(H,8,9). The Morgan fingerprint density at radius 3 is 0.895 bits per heavy atom. The zero-order chi connectivity index (χ0) is 15.3. The molecular weight excluding hydrogens is 260 g/mol. The summed E-state index contributed by atoms with van der Waals surface area (Å²) in [5, 5.41) is 32.3. The molecule has 8 nitrogen and oxygen atoms in total. The topological polar surface area (TPSA) is 149 Å². The lowest BCUT2D eigenvalue weighted by Gasteiger charge is -1.92. The van der Waals surface area contributed by atoms with Crippen molar-refractivity contribution in [3.63, 3.8) is 0 Å². The molecule has 0 aromatic heterocycles. The van der Waals surface area contributed by atoms with E-state index in [1.54, 1.807) is 0 Å². The average Bonchev–Trinajstić information content (AvgIpc) is 2.23. The molecule has 0 heterocycles. The van der Waals surface area contributed by atoms with Crippen LogP contribution in [0.5, 0.6) is 0 Å². The smallest absolute Gasteiger partial charge is 0.303 e. The number of rotatable bonds is 9. The normalized spacial score (nSPS) is 9.05. The first-order chi connectivity index (χ1) is 8.75. The minimum absolute atomic E-state index is 0.0628. The van der Waals surface area contributed by atoms with Crippen LogP contribution in [0.15, 0.2) is 0 Å². The number of carboxylic acid groups (broad SMARTS) is 4. The van der Waals surface area contributed by atoms with Crippen LogP contribution in [0.1, 0.15) is 44.9 Å². The van der Waals surface area contributed by atoms with Gasteiger partial charge < -0.3 is 20.4 Å². The van der Waals surface area contributed by atoms with Crippen molar-refractivity contribution >= 4 is 23.9 Å². The molecule has 110 valence electrons. The summed E-state index contributed by atoms with van der Waals surface area (Å²) in [5.41, 5.74) is 0. The van der Waals surface area contributed by atoms with E-state index in [1.807, 2.05) is 0 Å². The molecule has 0 radical (unpaired) electrons. The summed E-state index contributed by atoms with van der Waals surface area (Å²) in [5.74, 6) is -3.64. The van der Waals surface area contributed by atoms with Gasteiger partial charge in [0.1, 0.15) is 0 Å². The molecule has 0 saturated heterocycles. The van der Waals surface area contributed by atoms with Crippen molar-refractivity contribution in [3.8, 4) is 0 Å². The Morgan fingerprint density at radius 1 is 0.474 bits per heavy atom. The highest BCUT2D eigenvalue weighted by Gasteiger charge is 2.00. The van der Waals surface area contributed by atoms with Crippen LogP contribution in [-0.2, 0) is 19.2 Å². The lowest BCUT2D eigenvalue weighted by molar-refractivity contribution is -0.139. The summed E-state index contributed by atoms with van der Waals surface area (Å²) in [6.07, 6.45) is 1.10. The lowest BCUT2D eigenvalue weighted by Crippen LogP contribution is -1.98. The maximum absolute atomic E-state index is 9.90. The molecule has 8 heteroatoms. The first-order valence-electron chi connectivity index (χ1n) is 5.63. The highest BCUT2D eigenvalue weighted by molar-refractivity contribution is 5.70. The number of carboxylic acids is 4. The predicted molar refractivity (Wildman–Crippen MR) is 62.9 cm³/mol. The minimum atomic E-state index is -0.948. The summed E-state index contributed by atoms with van der Waals surface area (Å²) in [6, 6.07) is 0. The van der Waals surface area contributed by atoms with Gasteiger partial charge in [0.25, 0.3) is 0 Å². The third-order valence-electron chi connectivity index (χ3n) is 1.81. The van der Waals surface area contributed by atoms with Crippen LogP contribution in [-0.4, -0.2) is 44.3 Å². The second-order valence-electron chi connectivity index (χ2n) is 3.64. The Hall–Kier alpha value is -2.12. The molecule has 0 rings (SSSR count). The number of carbonyl (C=O) groups is 4. The van der Waals surface area contributed by atoms with Crippen molar-refractivity contribution in [2.45, 2.75) is 44.9 Å². The van der Waals surface area contributed by atoms with Crippen LogP contribution in [0.4, 0.5) is 0 Å². The molecule has 0 bridgehead atoms. The second kappa shape index (κ2) is 12.3. The van der Waals surface area contributed by atoms with Crippen molar-refractivity contribution in [2.24, 2.45) is 0 Å². The number of hydrogen-bond acceptors (Lipinski definition) is 4. The fourth-order valence-electron chi connectivity index (χ4n) is 0.943. The maximum atomic E-state index is 9.90. The van der Waals surface area contributed by atoms with E-state index < -0.39 is 23.9 Å². The molecule has 0 aliphatic rings. The Balaban J connectivity index is 0. The van der Waals surface area contributed by atoms with Crippen molar-refractivity contribution < 1.29 is 39.6 Å². The third kappa shape index (κ3) is 25.8. The van der Waals surface area contributed by atoms with Crippen molar-refractivity contribution in [1.29, 1.82) is 0 Å². The quantitative estimate of drug-likeness (QED) is 0.457. The van der Waals surface area contributed by atoms with Crippen molar-refractivity contribution in [3.05, 3.63) is 0 Å². The summed E-state index contributed by atoms with van der Waals surface area (Å²) in [4.78, 5) is 39.4. The van der Waals surface area contributed by atoms with Gasteiger partial charge in [0.05, 0.1) is 0 Å². The van der Waals surface area contributed by atoms with Gasteiger partial charge in [-0.15, -0.1) is 0 Å². The first-order valence-corrected chi connectivity index (χ1v) is 5.63. The SMILES string of the molecule is O=C(O)CCCC(=O)O.O=C(O)CCCCC(=O)O. The zero-order valence-electron chi connectivity index (χ0n) is 10.4. The number of unbranched alkanes of at least 4 members (excludes halogenated alkanes) is 1. The second-order valence-corrected chi connectivity index (χ2v) is 3.64. The van der Waals surface area contributed by atoms with E-state index in [0.717, 1.165) is 0 Å². The zero-order valence-corrected chi connectivity index (χ0v) is 10.4. The van der Waals surface area contributed by atoms with Crippen LogP contribution in [0.25, 0.3) is 0 Å². The molecule has 0 atom stereocenters. The molecule has 0 spiro atoms. The summed E-state index contributed by atoms with van der Waals surface area (Å²) >= 11 is 0. The monoisotopic (exact) mass is 278 g/mol. The van der Waals surface area contributed by atoms with Gasteiger partial charge in [-0.2, -0.15) is 0 Å². The van der Waals surface area contributed by atoms with Crippen molar-refractivity contribution in [1.82, 2.24) is 0 Å². The molecule has 0 aliphatic heterocycles. The molecular formula is C11H18O8. The van der Waals surface area contributed by atoms with Gasteiger partial charge in [0.15, 0.2) is 0 Å². The van der Waals surface area contributed by atoms with Crippen molar-refractivity contribution in [2.75, 3.05) is 0 Å².